The maximum atomic E-state index is 11.9. The van der Waals surface area contributed by atoms with Crippen molar-refractivity contribution >= 4 is 18.3 Å². The summed E-state index contributed by atoms with van der Waals surface area (Å²) < 4.78 is 5.05. The van der Waals surface area contributed by atoms with Crippen molar-refractivity contribution < 1.29 is 14.4 Å². The third-order valence-corrected chi connectivity index (χ3v) is 3.70. The van der Waals surface area contributed by atoms with Crippen LogP contribution in [0.4, 0.5) is 0 Å². The van der Waals surface area contributed by atoms with Crippen LogP contribution >= 0.6 is 12.4 Å². The largest absolute Gasteiger partial charge is 0.391 e. The number of aliphatic hydroxyl groups excluding tert-OH is 1. The van der Waals surface area contributed by atoms with Crippen LogP contribution in [0, 0.1) is 5.92 Å². The summed E-state index contributed by atoms with van der Waals surface area (Å²) in [5.41, 5.74) is 0.801. The van der Waals surface area contributed by atoms with Gasteiger partial charge < -0.3 is 20.3 Å². The first-order valence-corrected chi connectivity index (χ1v) is 6.75. The molecule has 7 heteroatoms. The Bertz CT molecular complexity index is 438. The number of aromatic nitrogens is 1. The van der Waals surface area contributed by atoms with Gasteiger partial charge in [-0.05, 0) is 6.42 Å². The molecule has 0 saturated carbocycles. The topological polar surface area (TPSA) is 87.4 Å². The van der Waals surface area contributed by atoms with Crippen molar-refractivity contribution in [1.82, 2.24) is 15.8 Å². The van der Waals surface area contributed by atoms with Gasteiger partial charge in [0.1, 0.15) is 0 Å². The predicted octanol–water partition coefficient (Wildman–Crippen LogP) is 0.920. The number of rotatable bonds is 5. The first-order chi connectivity index (χ1) is 9.11. The number of nitrogens with zero attached hydrogens (tertiary/aromatic N) is 1. The minimum absolute atomic E-state index is 0. The molecule has 0 aromatic carbocycles. The molecule has 0 bridgehead atoms. The second kappa shape index (κ2) is 7.61. The number of nitrogens with one attached hydrogen (secondary N) is 2. The van der Waals surface area contributed by atoms with E-state index in [2.05, 4.69) is 22.7 Å². The molecule has 2 heterocycles. The van der Waals surface area contributed by atoms with Crippen LogP contribution in [-0.4, -0.2) is 41.9 Å². The van der Waals surface area contributed by atoms with E-state index in [0.717, 1.165) is 18.7 Å². The van der Waals surface area contributed by atoms with Gasteiger partial charge in [0.2, 0.25) is 5.76 Å². The van der Waals surface area contributed by atoms with Gasteiger partial charge in [0.15, 0.2) is 0 Å². The number of hydrogen-bond donors (Lipinski definition) is 3. The lowest BCUT2D eigenvalue weighted by atomic mass is 10.1. The average Bonchev–Trinajstić information content (AvgIpc) is 3.04. The van der Waals surface area contributed by atoms with Gasteiger partial charge in [-0.15, -0.1) is 12.4 Å². The molecule has 3 N–H and O–H groups in total. The van der Waals surface area contributed by atoms with E-state index in [9.17, 15) is 9.90 Å². The second-order valence-electron chi connectivity index (χ2n) is 5.12. The normalized spacial score (nSPS) is 23.1. The fourth-order valence-electron chi connectivity index (χ4n) is 2.08. The molecule has 0 radical (unpaired) electrons. The average molecular weight is 304 g/mol. The molecule has 1 amide bonds. The van der Waals surface area contributed by atoms with E-state index in [1.807, 2.05) is 6.92 Å². The minimum atomic E-state index is -0.397. The van der Waals surface area contributed by atoms with E-state index in [-0.39, 0.29) is 35.9 Å². The molecule has 1 saturated heterocycles. The molecule has 3 unspecified atom stereocenters. The standard InChI is InChI=1S/C13H21N3O3.ClH/c1-3-8(2)10-4-12(19-16-10)13(18)15-6-9-5-14-7-11(9)17;/h4,8-9,11,14,17H,3,5-7H2,1-2H3,(H,15,18);1H. The lowest BCUT2D eigenvalue weighted by Crippen LogP contribution is -2.34. The van der Waals surface area contributed by atoms with Crippen LogP contribution in [0.25, 0.3) is 0 Å². The van der Waals surface area contributed by atoms with Crippen LogP contribution in [-0.2, 0) is 0 Å². The van der Waals surface area contributed by atoms with E-state index in [0.29, 0.717) is 13.1 Å². The third-order valence-electron chi connectivity index (χ3n) is 3.70. The molecule has 6 nitrogen and oxygen atoms in total. The van der Waals surface area contributed by atoms with Gasteiger partial charge in [0, 0.05) is 37.5 Å². The van der Waals surface area contributed by atoms with Gasteiger partial charge >= 0.3 is 0 Å². The maximum absolute atomic E-state index is 11.9. The number of hydrogen-bond acceptors (Lipinski definition) is 5. The molecule has 1 aliphatic heterocycles. The summed E-state index contributed by atoms with van der Waals surface area (Å²) in [5.74, 6) is 0.295. The smallest absolute Gasteiger partial charge is 0.289 e. The van der Waals surface area contributed by atoms with Gasteiger partial charge in [-0.25, -0.2) is 0 Å². The lowest BCUT2D eigenvalue weighted by Gasteiger charge is -2.12. The number of halogens is 1. The van der Waals surface area contributed by atoms with Crippen molar-refractivity contribution in [2.75, 3.05) is 19.6 Å². The third kappa shape index (κ3) is 3.94. The second-order valence-corrected chi connectivity index (χ2v) is 5.12. The molecule has 0 aliphatic carbocycles. The Labute approximate surface area is 124 Å². The predicted molar refractivity (Wildman–Crippen MR) is 77.2 cm³/mol. The van der Waals surface area contributed by atoms with Crippen LogP contribution in [0.15, 0.2) is 10.6 Å². The highest BCUT2D eigenvalue weighted by Crippen LogP contribution is 2.18. The summed E-state index contributed by atoms with van der Waals surface area (Å²) in [5, 5.41) is 19.4. The Morgan fingerprint density at radius 1 is 1.65 bits per heavy atom. The Hall–Kier alpha value is -1.11. The Morgan fingerprint density at radius 3 is 3.00 bits per heavy atom. The lowest BCUT2D eigenvalue weighted by molar-refractivity contribution is 0.0890. The van der Waals surface area contributed by atoms with Crippen LogP contribution in [0.2, 0.25) is 0 Å². The van der Waals surface area contributed by atoms with E-state index < -0.39 is 6.10 Å². The molecule has 2 rings (SSSR count). The monoisotopic (exact) mass is 303 g/mol. The summed E-state index contributed by atoms with van der Waals surface area (Å²) in [4.78, 5) is 11.9. The molecule has 1 aliphatic rings. The molecule has 1 fully saturated rings. The Kier molecular flexibility index (Phi) is 6.45. The zero-order chi connectivity index (χ0) is 13.8. The number of amides is 1. The molecular weight excluding hydrogens is 282 g/mol. The van der Waals surface area contributed by atoms with Crippen molar-refractivity contribution in [1.29, 1.82) is 0 Å². The van der Waals surface area contributed by atoms with Crippen molar-refractivity contribution in [3.8, 4) is 0 Å². The molecule has 0 spiro atoms. The SMILES string of the molecule is CCC(C)c1cc(C(=O)NCC2CNCC2O)on1.Cl. The number of carbonyl (C=O) groups is 1. The van der Waals surface area contributed by atoms with E-state index in [1.54, 1.807) is 6.07 Å². The van der Waals surface area contributed by atoms with E-state index in [4.69, 9.17) is 4.52 Å². The summed E-state index contributed by atoms with van der Waals surface area (Å²) in [7, 11) is 0. The van der Waals surface area contributed by atoms with Crippen molar-refractivity contribution in [2.24, 2.45) is 5.92 Å². The zero-order valence-corrected chi connectivity index (χ0v) is 12.6. The van der Waals surface area contributed by atoms with Gasteiger partial charge in [0.25, 0.3) is 5.91 Å². The number of β-amino-alcohol motifs (C(OH)–C–C–N with tert-alkyl or cyclic N) is 1. The molecule has 1 aromatic rings. The summed E-state index contributed by atoms with van der Waals surface area (Å²) >= 11 is 0. The molecule has 1 aromatic heterocycles. The van der Waals surface area contributed by atoms with Gasteiger partial charge in [0.05, 0.1) is 11.8 Å². The zero-order valence-electron chi connectivity index (χ0n) is 11.8. The van der Waals surface area contributed by atoms with Gasteiger partial charge in [-0.2, -0.15) is 0 Å². The van der Waals surface area contributed by atoms with E-state index >= 15 is 0 Å². The summed E-state index contributed by atoms with van der Waals surface area (Å²) in [6, 6.07) is 1.69. The maximum Gasteiger partial charge on any atom is 0.289 e. The van der Waals surface area contributed by atoms with Crippen LogP contribution < -0.4 is 10.6 Å². The Balaban J connectivity index is 0.00000200. The number of carbonyl (C=O) groups excluding carboxylic acids is 1. The first-order valence-electron chi connectivity index (χ1n) is 6.75. The molecule has 20 heavy (non-hydrogen) atoms. The van der Waals surface area contributed by atoms with Crippen molar-refractivity contribution in [3.05, 3.63) is 17.5 Å². The van der Waals surface area contributed by atoms with Crippen LogP contribution in [0.1, 0.15) is 42.4 Å². The van der Waals surface area contributed by atoms with Crippen molar-refractivity contribution in [3.63, 3.8) is 0 Å². The fraction of sp³-hybridized carbons (Fsp3) is 0.692. The highest BCUT2D eigenvalue weighted by atomic mass is 35.5. The number of aliphatic hydroxyl groups is 1. The van der Waals surface area contributed by atoms with Crippen molar-refractivity contribution in [2.45, 2.75) is 32.3 Å². The van der Waals surface area contributed by atoms with Gasteiger partial charge in [-0.1, -0.05) is 19.0 Å². The summed E-state index contributed by atoms with van der Waals surface area (Å²) in [6.45, 7) is 5.84. The van der Waals surface area contributed by atoms with Gasteiger partial charge in [-0.3, -0.25) is 4.79 Å². The quantitative estimate of drug-likeness (QED) is 0.753. The summed E-state index contributed by atoms with van der Waals surface area (Å²) in [6.07, 6.45) is 0.554. The highest BCUT2D eigenvalue weighted by molar-refractivity contribution is 5.91. The highest BCUT2D eigenvalue weighted by Gasteiger charge is 2.25. The first kappa shape index (κ1) is 16.9. The molecular formula is C13H22ClN3O3. The van der Waals surface area contributed by atoms with E-state index in [1.165, 1.54) is 0 Å². The van der Waals surface area contributed by atoms with Crippen LogP contribution in [0.3, 0.4) is 0 Å². The Morgan fingerprint density at radius 2 is 2.40 bits per heavy atom. The molecule has 114 valence electrons. The van der Waals surface area contributed by atoms with Crippen LogP contribution in [0.5, 0.6) is 0 Å². The fourth-order valence-corrected chi connectivity index (χ4v) is 2.08. The molecule has 3 atom stereocenters. The minimum Gasteiger partial charge on any atom is -0.391 e.